The van der Waals surface area contributed by atoms with E-state index in [1.807, 2.05) is 6.92 Å². The summed E-state index contributed by atoms with van der Waals surface area (Å²) in [6, 6.07) is 0. The molecule has 216 valence electrons. The molecule has 37 heavy (non-hydrogen) atoms. The van der Waals surface area contributed by atoms with Gasteiger partial charge in [-0.1, -0.05) is 20.8 Å². The topological polar surface area (TPSA) is 107 Å². The first kappa shape index (κ1) is 29.9. The van der Waals surface area contributed by atoms with E-state index in [4.69, 9.17) is 23.4 Å². The van der Waals surface area contributed by atoms with E-state index in [-0.39, 0.29) is 48.3 Å². The number of aliphatic hydroxyl groups excluding tert-OH is 2. The molecule has 0 saturated carbocycles. The predicted molar refractivity (Wildman–Crippen MR) is 143 cm³/mol. The maximum Gasteiger partial charge on any atom is 0.191 e. The Morgan fingerprint density at radius 3 is 2.32 bits per heavy atom. The molecular weight excluding hydrogens is 492 g/mol. The Labute approximate surface area is 224 Å². The molecule has 0 bridgehead atoms. The van der Waals surface area contributed by atoms with Crippen molar-refractivity contribution in [3.63, 3.8) is 0 Å². The summed E-state index contributed by atoms with van der Waals surface area (Å²) >= 11 is 0. The third-order valence-corrected chi connectivity index (χ3v) is 14.4. The monoisotopic (exact) mass is 544 g/mol. The van der Waals surface area contributed by atoms with Gasteiger partial charge in [0.2, 0.25) is 0 Å². The molecule has 3 N–H and O–H groups in total. The van der Waals surface area contributed by atoms with Crippen molar-refractivity contribution in [3.05, 3.63) is 0 Å². The number of rotatable bonds is 6. The molecule has 0 spiro atoms. The lowest BCUT2D eigenvalue weighted by Crippen LogP contribution is -2.62. The summed E-state index contributed by atoms with van der Waals surface area (Å²) in [5.41, 5.74) is -1.46. The van der Waals surface area contributed by atoms with Gasteiger partial charge in [0.1, 0.15) is 6.10 Å². The quantitative estimate of drug-likeness (QED) is 0.343. The van der Waals surface area contributed by atoms with Crippen LogP contribution in [-0.2, 0) is 23.4 Å². The summed E-state index contributed by atoms with van der Waals surface area (Å²) in [6.45, 7) is 15.8. The molecule has 4 fully saturated rings. The fourth-order valence-electron chi connectivity index (χ4n) is 6.23. The van der Waals surface area contributed by atoms with Crippen LogP contribution in [0.4, 0.5) is 0 Å². The lowest BCUT2D eigenvalue weighted by Gasteiger charge is -2.51. The van der Waals surface area contributed by atoms with Crippen LogP contribution >= 0.6 is 0 Å². The largest absolute Gasteiger partial charge is 0.417 e. The highest BCUT2D eigenvalue weighted by atomic mass is 28.4. The molecule has 4 aliphatic rings. The van der Waals surface area contributed by atoms with Crippen molar-refractivity contribution in [2.75, 3.05) is 13.2 Å². The van der Waals surface area contributed by atoms with Gasteiger partial charge in [-0.15, -0.1) is 0 Å². The highest BCUT2D eigenvalue weighted by Gasteiger charge is 2.55. The second-order valence-corrected chi connectivity index (χ2v) is 18.7. The minimum atomic E-state index is -1.80. The van der Waals surface area contributed by atoms with Gasteiger partial charge < -0.3 is 38.7 Å². The molecule has 0 unspecified atom stereocenters. The summed E-state index contributed by atoms with van der Waals surface area (Å²) in [4.78, 5) is 0. The smallest absolute Gasteiger partial charge is 0.191 e. The number of fused-ring (bicyclic) bond motifs is 3. The van der Waals surface area contributed by atoms with Gasteiger partial charge in [-0.3, -0.25) is 0 Å². The zero-order valence-electron chi connectivity index (χ0n) is 24.1. The summed E-state index contributed by atoms with van der Waals surface area (Å²) in [5, 5.41) is 31.8. The number of aliphatic hydroxyl groups is 3. The number of hydrogen-bond donors (Lipinski definition) is 3. The van der Waals surface area contributed by atoms with Gasteiger partial charge in [-0.2, -0.15) is 0 Å². The third-order valence-electron chi connectivity index (χ3n) is 9.88. The Bertz CT molecular complexity index is 770. The van der Waals surface area contributed by atoms with E-state index in [0.29, 0.717) is 25.9 Å². The SMILES string of the molecule is CC(C)(C)[Si](C)(C)OCCC[C@H]1O[C@H]2CC[C@@]3(C)O[C@H]4[C@@H](O)C[C@@H](CO)O[C@@H]4C[C@@H]3O[C@@H]2CC[C@]1(C)O. The summed E-state index contributed by atoms with van der Waals surface area (Å²) in [6.07, 6.45) is 2.96. The van der Waals surface area contributed by atoms with Crippen LogP contribution in [-0.4, -0.2) is 96.9 Å². The van der Waals surface area contributed by atoms with Crippen molar-refractivity contribution in [2.45, 2.75) is 164 Å². The molecule has 4 saturated heterocycles. The van der Waals surface area contributed by atoms with E-state index in [0.717, 1.165) is 32.1 Å². The summed E-state index contributed by atoms with van der Waals surface area (Å²) in [5.74, 6) is 0. The van der Waals surface area contributed by atoms with Crippen LogP contribution in [0, 0.1) is 0 Å². The zero-order chi connectivity index (χ0) is 27.2. The molecule has 0 radical (unpaired) electrons. The third kappa shape index (κ3) is 6.46. The predicted octanol–water partition coefficient (Wildman–Crippen LogP) is 3.69. The second-order valence-electron chi connectivity index (χ2n) is 13.9. The van der Waals surface area contributed by atoms with Crippen LogP contribution in [0.5, 0.6) is 0 Å². The molecular formula is C28H52O8Si. The normalized spacial score (nSPS) is 45.2. The lowest BCUT2D eigenvalue weighted by atomic mass is 9.82. The molecule has 0 aromatic heterocycles. The molecule has 4 heterocycles. The van der Waals surface area contributed by atoms with Gasteiger partial charge in [0.15, 0.2) is 8.32 Å². The minimum Gasteiger partial charge on any atom is -0.417 e. The average Bonchev–Trinajstić information content (AvgIpc) is 3.00. The van der Waals surface area contributed by atoms with E-state index in [2.05, 4.69) is 40.8 Å². The van der Waals surface area contributed by atoms with Crippen molar-refractivity contribution in [1.29, 1.82) is 0 Å². The molecule has 9 heteroatoms. The van der Waals surface area contributed by atoms with Crippen molar-refractivity contribution in [1.82, 2.24) is 0 Å². The Morgan fingerprint density at radius 2 is 1.65 bits per heavy atom. The zero-order valence-corrected chi connectivity index (χ0v) is 25.1. The van der Waals surface area contributed by atoms with Crippen LogP contribution in [0.1, 0.15) is 86.0 Å². The first-order valence-electron chi connectivity index (χ1n) is 14.4. The Balaban J connectivity index is 1.40. The molecule has 10 atom stereocenters. The van der Waals surface area contributed by atoms with E-state index in [9.17, 15) is 15.3 Å². The van der Waals surface area contributed by atoms with Crippen molar-refractivity contribution < 1.29 is 38.7 Å². The van der Waals surface area contributed by atoms with Gasteiger partial charge >= 0.3 is 0 Å². The fourth-order valence-corrected chi connectivity index (χ4v) is 7.31. The summed E-state index contributed by atoms with van der Waals surface area (Å²) in [7, 11) is -1.80. The molecule has 0 aliphatic carbocycles. The van der Waals surface area contributed by atoms with Crippen molar-refractivity contribution >= 4 is 8.32 Å². The Hall–Kier alpha value is -0.103. The molecule has 0 aromatic carbocycles. The molecule has 8 nitrogen and oxygen atoms in total. The molecule has 4 rings (SSSR count). The van der Waals surface area contributed by atoms with Gasteiger partial charge in [0.05, 0.1) is 60.5 Å². The maximum absolute atomic E-state index is 11.3. The second kappa shape index (κ2) is 11.1. The van der Waals surface area contributed by atoms with Gasteiger partial charge in [-0.05, 0) is 70.5 Å². The number of ether oxygens (including phenoxy) is 4. The van der Waals surface area contributed by atoms with E-state index in [1.165, 1.54) is 0 Å². The van der Waals surface area contributed by atoms with Crippen LogP contribution in [0.3, 0.4) is 0 Å². The highest BCUT2D eigenvalue weighted by molar-refractivity contribution is 6.74. The maximum atomic E-state index is 11.3. The van der Waals surface area contributed by atoms with E-state index >= 15 is 0 Å². The first-order valence-corrected chi connectivity index (χ1v) is 17.4. The van der Waals surface area contributed by atoms with E-state index < -0.39 is 31.7 Å². The van der Waals surface area contributed by atoms with Crippen LogP contribution in [0.25, 0.3) is 0 Å². The van der Waals surface area contributed by atoms with Crippen LogP contribution in [0.2, 0.25) is 18.1 Å². The van der Waals surface area contributed by atoms with Crippen molar-refractivity contribution in [3.8, 4) is 0 Å². The first-order chi connectivity index (χ1) is 17.1. The van der Waals surface area contributed by atoms with Gasteiger partial charge in [-0.25, -0.2) is 0 Å². The number of hydrogen-bond acceptors (Lipinski definition) is 8. The fraction of sp³-hybridized carbons (Fsp3) is 1.00. The van der Waals surface area contributed by atoms with Crippen LogP contribution < -0.4 is 0 Å². The summed E-state index contributed by atoms with van der Waals surface area (Å²) < 4.78 is 32.3. The standard InChI is InChI=1S/C28H52O8Si/c1-26(2,3)37(6,7)32-14-8-9-23-27(4,31)12-10-20-21(34-23)11-13-28(5)24(35-20)16-22-25(36-28)19(30)15-18(17-29)33-22/h18-25,29-31H,8-17H2,1-7H3/t18-,19-,20+,21-,22+,23+,24-,25-,27-,28+/m0/s1. The van der Waals surface area contributed by atoms with Crippen molar-refractivity contribution in [2.24, 2.45) is 0 Å². The molecule has 4 aliphatic heterocycles. The van der Waals surface area contributed by atoms with Gasteiger partial charge in [0, 0.05) is 19.4 Å². The van der Waals surface area contributed by atoms with Gasteiger partial charge in [0.25, 0.3) is 0 Å². The van der Waals surface area contributed by atoms with Crippen LogP contribution in [0.15, 0.2) is 0 Å². The van der Waals surface area contributed by atoms with E-state index in [1.54, 1.807) is 0 Å². The molecule has 0 amide bonds. The molecule has 0 aromatic rings. The Kier molecular flexibility index (Phi) is 8.92. The highest BCUT2D eigenvalue weighted by Crippen LogP contribution is 2.45. The average molecular weight is 545 g/mol. The lowest BCUT2D eigenvalue weighted by molar-refractivity contribution is -0.293. The Morgan fingerprint density at radius 1 is 0.973 bits per heavy atom. The minimum absolute atomic E-state index is 0.112.